The monoisotopic (exact) mass is 544 g/mol. The molecule has 1 aliphatic rings. The first-order chi connectivity index (χ1) is 18.7. The lowest BCUT2D eigenvalue weighted by molar-refractivity contribution is -0.125. The van der Waals surface area contributed by atoms with Crippen molar-refractivity contribution < 1.29 is 31.5 Å². The van der Waals surface area contributed by atoms with Gasteiger partial charge in [0, 0.05) is 37.3 Å². The summed E-state index contributed by atoms with van der Waals surface area (Å²) < 4.78 is 76.9. The van der Waals surface area contributed by atoms with Gasteiger partial charge < -0.3 is 15.4 Å². The molecule has 2 aromatic heterocycles. The number of likely N-dealkylation sites (tertiary alicyclic amines) is 1. The molecule has 1 aliphatic heterocycles. The SMILES string of the molecule is C/C=C/C(=O)N1CC[C@@H](Cn2nc(-c3ccc(Oc4c(F)c(F)cc(F)c4F)cc3F)c3c(N)ncnc32)C1. The lowest BCUT2D eigenvalue weighted by atomic mass is 10.1. The molecule has 202 valence electrons. The molecule has 0 radical (unpaired) electrons. The van der Waals surface area contributed by atoms with Gasteiger partial charge >= 0.3 is 0 Å². The van der Waals surface area contributed by atoms with Crippen LogP contribution in [0.1, 0.15) is 13.3 Å². The first-order valence-electron chi connectivity index (χ1n) is 11.9. The summed E-state index contributed by atoms with van der Waals surface area (Å²) in [6, 6.07) is 3.22. The van der Waals surface area contributed by atoms with Crippen molar-refractivity contribution in [3.05, 3.63) is 71.8 Å². The molecule has 0 spiro atoms. The Bertz CT molecular complexity index is 1600. The van der Waals surface area contributed by atoms with E-state index in [-0.39, 0.29) is 40.4 Å². The summed E-state index contributed by atoms with van der Waals surface area (Å²) in [6.07, 6.45) is 5.16. The number of carbonyl (C=O) groups excluding carboxylic acids is 1. The number of anilines is 1. The number of nitrogens with zero attached hydrogens (tertiary/aromatic N) is 5. The largest absolute Gasteiger partial charge is 0.451 e. The maximum Gasteiger partial charge on any atom is 0.246 e. The number of nitrogen functional groups attached to an aromatic ring is 1. The van der Waals surface area contributed by atoms with E-state index < -0.39 is 40.6 Å². The molecule has 3 heterocycles. The molecule has 8 nitrogen and oxygen atoms in total. The van der Waals surface area contributed by atoms with Crippen LogP contribution in [-0.2, 0) is 11.3 Å². The average Bonchev–Trinajstić information content (AvgIpc) is 3.52. The molecule has 1 amide bonds. The van der Waals surface area contributed by atoms with Gasteiger partial charge in [-0.1, -0.05) is 6.08 Å². The highest BCUT2D eigenvalue weighted by molar-refractivity contribution is 5.98. The Kier molecular flexibility index (Phi) is 6.89. The lowest BCUT2D eigenvalue weighted by Gasteiger charge is -2.14. The van der Waals surface area contributed by atoms with Gasteiger partial charge in [0.2, 0.25) is 23.3 Å². The second kappa shape index (κ2) is 10.3. The number of allylic oxidation sites excluding steroid dienone is 1. The maximum atomic E-state index is 15.3. The van der Waals surface area contributed by atoms with Crippen molar-refractivity contribution in [2.24, 2.45) is 5.92 Å². The number of hydrogen-bond donors (Lipinski definition) is 1. The van der Waals surface area contributed by atoms with Gasteiger partial charge in [-0.2, -0.15) is 13.9 Å². The van der Waals surface area contributed by atoms with Gasteiger partial charge in [0.1, 0.15) is 29.4 Å². The lowest BCUT2D eigenvalue weighted by Crippen LogP contribution is -2.27. The minimum absolute atomic E-state index is 0.0400. The van der Waals surface area contributed by atoms with E-state index in [1.54, 1.807) is 22.6 Å². The summed E-state index contributed by atoms with van der Waals surface area (Å²) in [5, 5.41) is 4.82. The molecule has 5 rings (SSSR count). The van der Waals surface area contributed by atoms with Crippen molar-refractivity contribution in [3.63, 3.8) is 0 Å². The van der Waals surface area contributed by atoms with Gasteiger partial charge in [0.25, 0.3) is 0 Å². The Morgan fingerprint density at radius 2 is 1.85 bits per heavy atom. The van der Waals surface area contributed by atoms with Crippen LogP contribution < -0.4 is 10.5 Å². The molecule has 1 fully saturated rings. The fourth-order valence-corrected chi connectivity index (χ4v) is 4.53. The number of rotatable bonds is 6. The summed E-state index contributed by atoms with van der Waals surface area (Å²) in [5.41, 5.74) is 6.51. The minimum atomic E-state index is -1.76. The third-order valence-electron chi connectivity index (χ3n) is 6.38. The molecule has 13 heteroatoms. The highest BCUT2D eigenvalue weighted by Crippen LogP contribution is 2.36. The van der Waals surface area contributed by atoms with Crippen LogP contribution in [0, 0.1) is 35.0 Å². The summed E-state index contributed by atoms with van der Waals surface area (Å²) in [5.74, 6) is -9.48. The van der Waals surface area contributed by atoms with Crippen molar-refractivity contribution in [2.45, 2.75) is 19.9 Å². The van der Waals surface area contributed by atoms with E-state index in [9.17, 15) is 22.4 Å². The number of aromatic nitrogens is 4. The molecule has 39 heavy (non-hydrogen) atoms. The van der Waals surface area contributed by atoms with Crippen LogP contribution in [0.5, 0.6) is 11.5 Å². The number of nitrogens with two attached hydrogens (primary N) is 1. The van der Waals surface area contributed by atoms with E-state index in [1.165, 1.54) is 18.5 Å². The third kappa shape index (κ3) is 4.87. The predicted octanol–water partition coefficient (Wildman–Crippen LogP) is 4.99. The molecular formula is C26H21F5N6O2. The van der Waals surface area contributed by atoms with E-state index in [1.807, 2.05) is 0 Å². The van der Waals surface area contributed by atoms with E-state index in [2.05, 4.69) is 15.1 Å². The summed E-state index contributed by atoms with van der Waals surface area (Å²) in [6.45, 7) is 3.24. The molecule has 4 aromatic rings. The number of halogens is 5. The Balaban J connectivity index is 1.47. The van der Waals surface area contributed by atoms with E-state index >= 15 is 4.39 Å². The quantitative estimate of drug-likeness (QED) is 0.209. The van der Waals surface area contributed by atoms with Crippen LogP contribution in [0.15, 0.2) is 42.7 Å². The number of fused-ring (bicyclic) bond motifs is 1. The second-order valence-corrected chi connectivity index (χ2v) is 8.97. The molecule has 0 unspecified atom stereocenters. The van der Waals surface area contributed by atoms with Crippen LogP contribution >= 0.6 is 0 Å². The summed E-state index contributed by atoms with van der Waals surface area (Å²) in [7, 11) is 0. The summed E-state index contributed by atoms with van der Waals surface area (Å²) in [4.78, 5) is 22.2. The molecule has 1 saturated heterocycles. The van der Waals surface area contributed by atoms with Crippen molar-refractivity contribution in [1.82, 2.24) is 24.6 Å². The fraction of sp³-hybridized carbons (Fsp3) is 0.231. The standard InChI is InChI=1S/C26H21F5N6O2/c1-2-3-19(38)36-7-6-13(10-36)11-37-26-20(25(32)33-12-34-26)23(35-37)15-5-4-14(8-16(15)27)39-24-21(30)17(28)9-18(29)22(24)31/h2-5,8-9,12-13H,6-7,10-11H2,1H3,(H2,32,33,34)/b3-2+/t13-/m1/s1. The number of amides is 1. The van der Waals surface area contributed by atoms with Crippen molar-refractivity contribution in [2.75, 3.05) is 18.8 Å². The van der Waals surface area contributed by atoms with Gasteiger partial charge in [-0.25, -0.2) is 27.8 Å². The van der Waals surface area contributed by atoms with Crippen molar-refractivity contribution in [3.8, 4) is 22.8 Å². The van der Waals surface area contributed by atoms with E-state index in [0.29, 0.717) is 25.3 Å². The van der Waals surface area contributed by atoms with Crippen LogP contribution in [0.3, 0.4) is 0 Å². The summed E-state index contributed by atoms with van der Waals surface area (Å²) >= 11 is 0. The first-order valence-corrected chi connectivity index (χ1v) is 11.9. The highest BCUT2D eigenvalue weighted by Gasteiger charge is 2.28. The predicted molar refractivity (Wildman–Crippen MR) is 131 cm³/mol. The highest BCUT2D eigenvalue weighted by atomic mass is 19.2. The Morgan fingerprint density at radius 3 is 2.54 bits per heavy atom. The second-order valence-electron chi connectivity index (χ2n) is 8.97. The third-order valence-corrected chi connectivity index (χ3v) is 6.38. The Morgan fingerprint density at radius 1 is 1.10 bits per heavy atom. The Hall–Kier alpha value is -4.55. The molecule has 2 aromatic carbocycles. The van der Waals surface area contributed by atoms with Gasteiger partial charge in [-0.05, 0) is 37.5 Å². The van der Waals surface area contributed by atoms with Crippen molar-refractivity contribution in [1.29, 1.82) is 0 Å². The van der Waals surface area contributed by atoms with Crippen molar-refractivity contribution >= 4 is 22.8 Å². The van der Waals surface area contributed by atoms with Gasteiger partial charge in [-0.3, -0.25) is 4.79 Å². The van der Waals surface area contributed by atoms with E-state index in [0.717, 1.165) is 18.6 Å². The fourth-order valence-electron chi connectivity index (χ4n) is 4.53. The molecule has 0 aliphatic carbocycles. The normalized spacial score (nSPS) is 15.5. The number of ether oxygens (including phenoxy) is 1. The number of benzene rings is 2. The minimum Gasteiger partial charge on any atom is -0.451 e. The zero-order valence-electron chi connectivity index (χ0n) is 20.5. The van der Waals surface area contributed by atoms with Crippen LogP contribution in [0.4, 0.5) is 27.8 Å². The smallest absolute Gasteiger partial charge is 0.246 e. The zero-order valence-corrected chi connectivity index (χ0v) is 20.5. The van der Waals surface area contributed by atoms with Crippen LogP contribution in [0.25, 0.3) is 22.3 Å². The van der Waals surface area contributed by atoms with Gasteiger partial charge in [0.15, 0.2) is 17.3 Å². The Labute approximate surface area is 218 Å². The number of carbonyl (C=O) groups is 1. The molecular weight excluding hydrogens is 523 g/mol. The van der Waals surface area contributed by atoms with Crippen LogP contribution in [-0.4, -0.2) is 43.6 Å². The first kappa shape index (κ1) is 26.1. The van der Waals surface area contributed by atoms with Gasteiger partial charge in [0.05, 0.1) is 5.39 Å². The molecule has 0 bridgehead atoms. The maximum absolute atomic E-state index is 15.3. The molecule has 1 atom stereocenters. The molecule has 2 N–H and O–H groups in total. The topological polar surface area (TPSA) is 99.2 Å². The van der Waals surface area contributed by atoms with E-state index in [4.69, 9.17) is 10.5 Å². The zero-order chi connectivity index (χ0) is 27.8. The number of hydrogen-bond acceptors (Lipinski definition) is 6. The van der Waals surface area contributed by atoms with Crippen LogP contribution in [0.2, 0.25) is 0 Å². The average molecular weight is 544 g/mol. The van der Waals surface area contributed by atoms with Gasteiger partial charge in [-0.15, -0.1) is 0 Å². The molecule has 0 saturated carbocycles.